The van der Waals surface area contributed by atoms with E-state index in [-0.39, 0.29) is 51.5 Å². The summed E-state index contributed by atoms with van der Waals surface area (Å²) < 4.78 is 18.2. The van der Waals surface area contributed by atoms with Crippen molar-refractivity contribution in [1.82, 2.24) is 15.8 Å². The Morgan fingerprint density at radius 2 is 2.27 bits per heavy atom. The summed E-state index contributed by atoms with van der Waals surface area (Å²) in [6.45, 7) is 1.71. The van der Waals surface area contributed by atoms with Gasteiger partial charge in [-0.15, -0.1) is 0 Å². The highest BCUT2D eigenvalue weighted by atomic mass is 79.9. The summed E-state index contributed by atoms with van der Waals surface area (Å²) in [5.41, 5.74) is 2.36. The zero-order valence-electron chi connectivity index (χ0n) is 13.6. The number of hydrogen-bond acceptors (Lipinski definition) is 8. The fourth-order valence-electron chi connectivity index (χ4n) is 1.90. The van der Waals surface area contributed by atoms with E-state index in [1.165, 1.54) is 18.2 Å². The molecule has 0 amide bonds. The van der Waals surface area contributed by atoms with Crippen LogP contribution < -0.4 is 5.48 Å². The monoisotopic (exact) mass is 446 g/mol. The molecule has 1 heterocycles. The number of halogens is 2. The van der Waals surface area contributed by atoms with E-state index in [1.54, 1.807) is 6.92 Å². The lowest BCUT2D eigenvalue weighted by Crippen LogP contribution is -2.21. The van der Waals surface area contributed by atoms with E-state index in [4.69, 9.17) is 5.11 Å². The van der Waals surface area contributed by atoms with Crippen LogP contribution in [-0.2, 0) is 4.79 Å². The standard InChI is InChI=1S/C15H16BrFN4O4S/c1-8(6-22)4-10(23)7-26-15-13(20-25-21-15)14(19-24)18-9-2-3-12(17)11(16)5-9/h2-3,5,8,22,24H,4,6-7H2,1H3,(H,18,19)/t8-/m0/s1. The van der Waals surface area contributed by atoms with Crippen molar-refractivity contribution in [2.24, 2.45) is 10.9 Å². The number of amidine groups is 1. The summed E-state index contributed by atoms with van der Waals surface area (Å²) in [7, 11) is 0. The van der Waals surface area contributed by atoms with Crippen molar-refractivity contribution in [2.75, 3.05) is 12.4 Å². The van der Waals surface area contributed by atoms with Gasteiger partial charge in [0, 0.05) is 13.0 Å². The number of carbonyl (C=O) groups excluding carboxylic acids is 1. The number of aliphatic hydroxyl groups is 1. The maximum atomic E-state index is 13.3. The zero-order valence-corrected chi connectivity index (χ0v) is 16.0. The number of aliphatic hydroxyl groups excluding tert-OH is 1. The molecule has 0 bridgehead atoms. The summed E-state index contributed by atoms with van der Waals surface area (Å²) in [5.74, 6) is -0.595. The molecule has 3 N–H and O–H groups in total. The minimum Gasteiger partial charge on any atom is -0.396 e. The van der Waals surface area contributed by atoms with E-state index in [0.717, 1.165) is 11.8 Å². The van der Waals surface area contributed by atoms with Crippen LogP contribution in [0.2, 0.25) is 0 Å². The molecule has 0 aliphatic rings. The number of aliphatic imine (C=N–C) groups is 1. The first-order valence-corrected chi connectivity index (χ1v) is 9.24. The Balaban J connectivity index is 2.14. The Labute approximate surface area is 160 Å². The molecule has 11 heteroatoms. The van der Waals surface area contributed by atoms with Crippen molar-refractivity contribution in [3.8, 4) is 0 Å². The second kappa shape index (κ2) is 9.76. The highest BCUT2D eigenvalue weighted by Crippen LogP contribution is 2.24. The summed E-state index contributed by atoms with van der Waals surface area (Å²) in [6.07, 6.45) is 0.243. The van der Waals surface area contributed by atoms with Crippen molar-refractivity contribution < 1.29 is 24.1 Å². The maximum absolute atomic E-state index is 13.3. The predicted molar refractivity (Wildman–Crippen MR) is 96.1 cm³/mol. The van der Waals surface area contributed by atoms with Crippen molar-refractivity contribution in [3.63, 3.8) is 0 Å². The lowest BCUT2D eigenvalue weighted by Gasteiger charge is -2.06. The van der Waals surface area contributed by atoms with Gasteiger partial charge in [0.25, 0.3) is 0 Å². The van der Waals surface area contributed by atoms with Gasteiger partial charge in [0.15, 0.2) is 16.6 Å². The summed E-state index contributed by atoms with van der Waals surface area (Å²) in [5, 5.41) is 26.0. The number of nitrogens with one attached hydrogen (secondary N) is 1. The molecular weight excluding hydrogens is 431 g/mol. The molecule has 0 aliphatic heterocycles. The highest BCUT2D eigenvalue weighted by molar-refractivity contribution is 9.10. The first kappa shape index (κ1) is 20.5. The first-order valence-electron chi connectivity index (χ1n) is 7.46. The van der Waals surface area contributed by atoms with Gasteiger partial charge in [-0.25, -0.2) is 14.0 Å². The molecule has 0 radical (unpaired) electrons. The molecule has 0 aliphatic carbocycles. The molecule has 26 heavy (non-hydrogen) atoms. The zero-order chi connectivity index (χ0) is 19.1. The van der Waals surface area contributed by atoms with E-state index >= 15 is 0 Å². The third kappa shape index (κ3) is 5.59. The van der Waals surface area contributed by atoms with Crippen molar-refractivity contribution >= 4 is 45.0 Å². The van der Waals surface area contributed by atoms with Crippen molar-refractivity contribution in [2.45, 2.75) is 18.4 Å². The minimum absolute atomic E-state index is 0.0638. The average Bonchev–Trinajstić information content (AvgIpc) is 3.09. The van der Waals surface area contributed by atoms with Gasteiger partial charge >= 0.3 is 0 Å². The second-order valence-corrected chi connectivity index (χ2v) is 7.23. The topological polar surface area (TPSA) is 121 Å². The number of hydroxylamine groups is 1. The van der Waals surface area contributed by atoms with Crippen LogP contribution in [0.25, 0.3) is 0 Å². The Morgan fingerprint density at radius 1 is 1.50 bits per heavy atom. The van der Waals surface area contributed by atoms with Gasteiger partial charge in [-0.3, -0.25) is 15.5 Å². The van der Waals surface area contributed by atoms with Crippen LogP contribution in [0.4, 0.5) is 10.1 Å². The van der Waals surface area contributed by atoms with Crippen LogP contribution >= 0.6 is 27.7 Å². The summed E-state index contributed by atoms with van der Waals surface area (Å²) >= 11 is 4.13. The second-order valence-electron chi connectivity index (χ2n) is 5.41. The first-order chi connectivity index (χ1) is 12.4. The number of nitrogens with zero attached hydrogens (tertiary/aromatic N) is 3. The third-order valence-electron chi connectivity index (χ3n) is 3.19. The maximum Gasteiger partial charge on any atom is 0.186 e. The molecule has 1 aromatic carbocycles. The van der Waals surface area contributed by atoms with Crippen LogP contribution in [0.3, 0.4) is 0 Å². The molecular formula is C15H16BrFN4O4S. The van der Waals surface area contributed by atoms with Crippen LogP contribution in [0.5, 0.6) is 0 Å². The fraction of sp³-hybridized carbons (Fsp3) is 0.333. The molecule has 0 spiro atoms. The lowest BCUT2D eigenvalue weighted by molar-refractivity contribution is -0.117. The minimum atomic E-state index is -0.447. The van der Waals surface area contributed by atoms with Gasteiger partial charge in [-0.1, -0.05) is 18.7 Å². The van der Waals surface area contributed by atoms with Crippen molar-refractivity contribution in [1.29, 1.82) is 0 Å². The molecule has 8 nitrogen and oxygen atoms in total. The van der Waals surface area contributed by atoms with Gasteiger partial charge < -0.3 is 5.11 Å². The smallest absolute Gasteiger partial charge is 0.186 e. The number of rotatable bonds is 8. The van der Waals surface area contributed by atoms with Gasteiger partial charge in [0.2, 0.25) is 0 Å². The van der Waals surface area contributed by atoms with Gasteiger partial charge in [0.1, 0.15) is 11.6 Å². The number of aromatic nitrogens is 2. The number of thioether (sulfide) groups is 1. The van der Waals surface area contributed by atoms with Gasteiger partial charge in [0.05, 0.1) is 15.9 Å². The van der Waals surface area contributed by atoms with Gasteiger partial charge in [-0.05, 0) is 50.4 Å². The molecule has 0 saturated heterocycles. The number of hydrogen-bond donors (Lipinski definition) is 3. The Bertz CT molecular complexity index is 802. The Hall–Kier alpha value is -1.82. The average molecular weight is 447 g/mol. The van der Waals surface area contributed by atoms with Crippen molar-refractivity contribution in [3.05, 3.63) is 34.2 Å². The Kier molecular flexibility index (Phi) is 7.69. The van der Waals surface area contributed by atoms with E-state index < -0.39 is 5.82 Å². The molecule has 2 aromatic rings. The van der Waals surface area contributed by atoms with Crippen LogP contribution in [0.1, 0.15) is 19.0 Å². The summed E-state index contributed by atoms with van der Waals surface area (Å²) in [6, 6.07) is 4.06. The van der Waals surface area contributed by atoms with E-state index in [0.29, 0.717) is 5.69 Å². The van der Waals surface area contributed by atoms with E-state index in [2.05, 4.69) is 35.9 Å². The van der Waals surface area contributed by atoms with Crippen LogP contribution in [0.15, 0.2) is 37.3 Å². The quantitative estimate of drug-likeness (QED) is 0.245. The molecule has 0 fully saturated rings. The normalized spacial score (nSPS) is 12.9. The molecule has 1 aromatic heterocycles. The molecule has 2 rings (SSSR count). The Morgan fingerprint density at radius 3 is 2.92 bits per heavy atom. The SMILES string of the molecule is C[C@H](CO)CC(=O)CSc1nonc1C(=Nc1ccc(F)c(Br)c1)NO. The number of Topliss-reactive ketones (excluding diaryl/α,β-unsaturated/α-hetero) is 1. The number of carbonyl (C=O) groups is 1. The largest absolute Gasteiger partial charge is 0.396 e. The van der Waals surface area contributed by atoms with E-state index in [1.807, 2.05) is 5.48 Å². The predicted octanol–water partition coefficient (Wildman–Crippen LogP) is 2.71. The fourth-order valence-corrected chi connectivity index (χ4v) is 3.03. The number of ketones is 1. The molecule has 140 valence electrons. The number of benzene rings is 1. The van der Waals surface area contributed by atoms with Crippen LogP contribution in [0, 0.1) is 11.7 Å². The summed E-state index contributed by atoms with van der Waals surface area (Å²) in [4.78, 5) is 16.0. The lowest BCUT2D eigenvalue weighted by atomic mass is 10.1. The molecule has 1 atom stereocenters. The van der Waals surface area contributed by atoms with Crippen LogP contribution in [-0.4, -0.2) is 44.6 Å². The molecule has 0 unspecified atom stereocenters. The van der Waals surface area contributed by atoms with E-state index in [9.17, 15) is 14.4 Å². The highest BCUT2D eigenvalue weighted by Gasteiger charge is 2.19. The molecule has 0 saturated carbocycles. The third-order valence-corrected chi connectivity index (χ3v) is 4.81. The van der Waals surface area contributed by atoms with Gasteiger partial charge in [-0.2, -0.15) is 0 Å².